The first-order valence-electron chi connectivity index (χ1n) is 10.5. The van der Waals surface area contributed by atoms with Crippen LogP contribution in [0.4, 0.5) is 17.6 Å². The van der Waals surface area contributed by atoms with Crippen LogP contribution in [0.5, 0.6) is 11.5 Å². The van der Waals surface area contributed by atoms with Gasteiger partial charge in [0.1, 0.15) is 5.75 Å². The van der Waals surface area contributed by atoms with Crippen LogP contribution in [0, 0.1) is 17.7 Å². The number of carbonyl (C=O) groups is 1. The highest BCUT2D eigenvalue weighted by Gasteiger charge is 2.33. The molecule has 2 aliphatic rings. The highest BCUT2D eigenvalue weighted by molar-refractivity contribution is 5.76. The van der Waals surface area contributed by atoms with Crippen molar-refractivity contribution in [1.82, 2.24) is 0 Å². The number of rotatable bonds is 7. The van der Waals surface area contributed by atoms with Gasteiger partial charge in [0.05, 0.1) is 19.3 Å². The van der Waals surface area contributed by atoms with Gasteiger partial charge in [0, 0.05) is 18.6 Å². The molecule has 32 heavy (non-hydrogen) atoms. The Hall–Kier alpha value is -2.17. The number of hydrogen-bond donors (Lipinski definition) is 0. The monoisotopic (exact) mass is 462 g/mol. The van der Waals surface area contributed by atoms with Gasteiger partial charge in [0.15, 0.2) is 11.6 Å². The zero-order valence-corrected chi connectivity index (χ0v) is 17.6. The Labute approximate surface area is 183 Å². The third-order valence-corrected chi connectivity index (χ3v) is 5.24. The van der Waals surface area contributed by atoms with Crippen molar-refractivity contribution >= 4 is 5.97 Å². The highest BCUT2D eigenvalue weighted by atomic mass is 19.4. The fraction of sp³-hybridized carbons (Fsp3) is 0.591. The zero-order valence-electron chi connectivity index (χ0n) is 17.6. The van der Waals surface area contributed by atoms with Crippen LogP contribution in [-0.2, 0) is 19.0 Å². The fourth-order valence-electron chi connectivity index (χ4n) is 3.68. The van der Waals surface area contributed by atoms with Crippen LogP contribution in [0.25, 0.3) is 0 Å². The normalized spacial score (nSPS) is 26.8. The Morgan fingerprint density at radius 1 is 1.09 bits per heavy atom. The Bertz CT molecular complexity index is 781. The quantitative estimate of drug-likeness (QED) is 0.252. The second-order valence-electron chi connectivity index (χ2n) is 7.70. The summed E-state index contributed by atoms with van der Waals surface area (Å²) in [6.07, 6.45) is 2.41. The van der Waals surface area contributed by atoms with Gasteiger partial charge in [-0.05, 0) is 50.7 Å². The molecule has 0 amide bonds. The minimum absolute atomic E-state index is 0.0140. The molecule has 6 nitrogen and oxygen atoms in total. The summed E-state index contributed by atoms with van der Waals surface area (Å²) >= 11 is 0. The number of ether oxygens (including phenoxy) is 5. The summed E-state index contributed by atoms with van der Waals surface area (Å²) in [4.78, 5) is 12.2. The summed E-state index contributed by atoms with van der Waals surface area (Å²) in [5.41, 5.74) is 0. The molecule has 1 aliphatic carbocycles. The predicted octanol–water partition coefficient (Wildman–Crippen LogP) is 4.77. The lowest BCUT2D eigenvalue weighted by molar-refractivity contribution is -0.275. The number of hydrogen-bond acceptors (Lipinski definition) is 6. The van der Waals surface area contributed by atoms with Gasteiger partial charge in [-0.2, -0.15) is 0 Å². The maximum Gasteiger partial charge on any atom is 0.573 e. The average molecular weight is 462 g/mol. The Morgan fingerprint density at radius 3 is 2.34 bits per heavy atom. The van der Waals surface area contributed by atoms with E-state index in [9.17, 15) is 22.4 Å². The van der Waals surface area contributed by atoms with E-state index in [1.54, 1.807) is 0 Å². The first-order chi connectivity index (χ1) is 15.2. The summed E-state index contributed by atoms with van der Waals surface area (Å²) < 4.78 is 75.2. The van der Waals surface area contributed by atoms with E-state index in [1.165, 1.54) is 0 Å². The van der Waals surface area contributed by atoms with Crippen molar-refractivity contribution in [1.29, 1.82) is 0 Å². The van der Waals surface area contributed by atoms with Crippen LogP contribution in [0.3, 0.4) is 0 Å². The van der Waals surface area contributed by atoms with Crippen molar-refractivity contribution < 1.29 is 46.0 Å². The molecule has 1 heterocycles. The van der Waals surface area contributed by atoms with Gasteiger partial charge < -0.3 is 23.7 Å². The van der Waals surface area contributed by atoms with Gasteiger partial charge >= 0.3 is 12.3 Å². The van der Waals surface area contributed by atoms with Crippen LogP contribution in [0.2, 0.25) is 0 Å². The molecule has 10 heteroatoms. The Kier molecular flexibility index (Phi) is 8.50. The summed E-state index contributed by atoms with van der Waals surface area (Å²) in [6, 6.07) is 2.32. The molecule has 0 radical (unpaired) electrons. The van der Waals surface area contributed by atoms with Crippen LogP contribution < -0.4 is 9.47 Å². The molecule has 0 spiro atoms. The van der Waals surface area contributed by atoms with Crippen molar-refractivity contribution in [2.45, 2.75) is 51.4 Å². The van der Waals surface area contributed by atoms with Crippen LogP contribution >= 0.6 is 0 Å². The Morgan fingerprint density at radius 2 is 1.75 bits per heavy atom. The van der Waals surface area contributed by atoms with E-state index in [0.717, 1.165) is 44.4 Å². The Balaban J connectivity index is 1.42. The van der Waals surface area contributed by atoms with Crippen molar-refractivity contribution in [3.8, 4) is 11.5 Å². The number of esters is 1. The number of carbonyl (C=O) groups excluding carboxylic acids is 1. The van der Waals surface area contributed by atoms with Gasteiger partial charge in [0.2, 0.25) is 0 Å². The lowest BCUT2D eigenvalue weighted by Gasteiger charge is -2.28. The molecule has 1 saturated heterocycles. The highest BCUT2D eigenvalue weighted by Crippen LogP contribution is 2.29. The van der Waals surface area contributed by atoms with Gasteiger partial charge in [0.25, 0.3) is 6.29 Å². The third-order valence-electron chi connectivity index (χ3n) is 5.24. The molecular weight excluding hydrogens is 436 g/mol. The minimum atomic E-state index is -5.03. The van der Waals surface area contributed by atoms with Crippen molar-refractivity contribution in [2.24, 2.45) is 11.8 Å². The molecule has 1 aromatic rings. The molecule has 1 saturated carbocycles. The van der Waals surface area contributed by atoms with E-state index in [-0.39, 0.29) is 24.9 Å². The van der Waals surface area contributed by atoms with Gasteiger partial charge in [-0.25, -0.2) is 9.18 Å². The molecular formula is C22H26F4O6. The molecule has 0 unspecified atom stereocenters. The fourth-order valence-corrected chi connectivity index (χ4v) is 3.68. The van der Waals surface area contributed by atoms with Crippen molar-refractivity contribution in [3.05, 3.63) is 36.2 Å². The average Bonchev–Trinajstić information content (AvgIpc) is 2.75. The van der Waals surface area contributed by atoms with Crippen LogP contribution in [0.15, 0.2) is 30.4 Å². The zero-order chi connectivity index (χ0) is 23.1. The molecule has 0 bridgehead atoms. The SMILES string of the molecule is CCOC1CCC(C=CC2COC(C(=O)Oc3ccc(OC(F)(F)F)c(F)c3)OC2)CC1. The van der Waals surface area contributed by atoms with E-state index in [4.69, 9.17) is 18.9 Å². The molecule has 1 aromatic carbocycles. The first kappa shape index (κ1) is 24.5. The van der Waals surface area contributed by atoms with Crippen LogP contribution in [-0.4, -0.2) is 44.5 Å². The minimum Gasteiger partial charge on any atom is -0.423 e. The van der Waals surface area contributed by atoms with E-state index >= 15 is 0 Å². The summed E-state index contributed by atoms with van der Waals surface area (Å²) in [7, 11) is 0. The molecule has 178 valence electrons. The van der Waals surface area contributed by atoms with Crippen LogP contribution in [0.1, 0.15) is 32.6 Å². The third kappa shape index (κ3) is 7.46. The maximum absolute atomic E-state index is 13.7. The van der Waals surface area contributed by atoms with Gasteiger partial charge in [-0.3, -0.25) is 0 Å². The van der Waals surface area contributed by atoms with Crippen molar-refractivity contribution in [3.63, 3.8) is 0 Å². The standard InChI is InChI=1S/C22H26F4O6/c1-2-28-16-7-5-14(6-8-16)3-4-15-12-29-21(30-13-15)20(27)31-17-9-10-19(18(23)11-17)32-22(24,25)26/h3-4,9-11,14-16,21H,2,5-8,12-13H2,1H3. The second kappa shape index (κ2) is 11.1. The lowest BCUT2D eigenvalue weighted by atomic mass is 9.86. The number of halogens is 4. The first-order valence-corrected chi connectivity index (χ1v) is 10.5. The predicted molar refractivity (Wildman–Crippen MR) is 104 cm³/mol. The summed E-state index contributed by atoms with van der Waals surface area (Å²) in [6.45, 7) is 3.23. The maximum atomic E-state index is 13.7. The number of benzene rings is 1. The lowest BCUT2D eigenvalue weighted by Crippen LogP contribution is -2.39. The molecule has 0 N–H and O–H groups in total. The van der Waals surface area contributed by atoms with Gasteiger partial charge in [-0.1, -0.05) is 12.2 Å². The molecule has 0 atom stereocenters. The number of alkyl halides is 3. The van der Waals surface area contributed by atoms with E-state index in [2.05, 4.69) is 10.8 Å². The molecule has 1 aliphatic heterocycles. The topological polar surface area (TPSA) is 63.2 Å². The van der Waals surface area contributed by atoms with E-state index in [1.807, 2.05) is 13.0 Å². The molecule has 2 fully saturated rings. The summed E-state index contributed by atoms with van der Waals surface area (Å²) in [5, 5.41) is 0. The second-order valence-corrected chi connectivity index (χ2v) is 7.70. The molecule has 0 aromatic heterocycles. The summed E-state index contributed by atoms with van der Waals surface area (Å²) in [5.74, 6) is -3.10. The van der Waals surface area contributed by atoms with E-state index < -0.39 is 30.2 Å². The number of allylic oxidation sites excluding steroid dienone is 1. The van der Waals surface area contributed by atoms with Crippen molar-refractivity contribution in [2.75, 3.05) is 19.8 Å². The molecule has 3 rings (SSSR count). The van der Waals surface area contributed by atoms with E-state index in [0.29, 0.717) is 18.1 Å². The smallest absolute Gasteiger partial charge is 0.423 e. The van der Waals surface area contributed by atoms with Gasteiger partial charge in [-0.15, -0.1) is 13.2 Å². The largest absolute Gasteiger partial charge is 0.573 e.